The topological polar surface area (TPSA) is 132 Å². The van der Waals surface area contributed by atoms with E-state index in [2.05, 4.69) is 27.7 Å². The number of aliphatic hydroxyl groups excluding tert-OH is 1. The van der Waals surface area contributed by atoms with E-state index in [1.165, 1.54) is 57.8 Å². The van der Waals surface area contributed by atoms with E-state index < -0.39 is 17.9 Å². The molecular weight excluding hydrogens is 496 g/mol. The van der Waals surface area contributed by atoms with Crippen molar-refractivity contribution in [2.45, 2.75) is 156 Å². The molecule has 0 radical (unpaired) electrons. The fourth-order valence-corrected chi connectivity index (χ4v) is 2.80. The second kappa shape index (κ2) is 44.1. The first-order valence-corrected chi connectivity index (χ1v) is 14.0. The zero-order valence-corrected chi connectivity index (χ0v) is 25.4. The molecule has 0 rings (SSSR count). The summed E-state index contributed by atoms with van der Waals surface area (Å²) in [6.45, 7) is 8.85. The van der Waals surface area contributed by atoms with Crippen LogP contribution >= 0.6 is 0 Å². The Bertz CT molecular complexity index is 373. The molecule has 0 aliphatic heterocycles. The summed E-state index contributed by atoms with van der Waals surface area (Å²) in [4.78, 5) is 30.1. The molecule has 7 nitrogen and oxygen atoms in total. The van der Waals surface area contributed by atoms with E-state index in [1.54, 1.807) is 0 Å². The van der Waals surface area contributed by atoms with E-state index in [9.17, 15) is 14.4 Å². The Hall–Kier alpha value is -0.916. The van der Waals surface area contributed by atoms with E-state index >= 15 is 0 Å². The van der Waals surface area contributed by atoms with Gasteiger partial charge in [-0.25, -0.2) is 0 Å². The van der Waals surface area contributed by atoms with E-state index in [-0.39, 0.29) is 21.7 Å². The largest absolute Gasteiger partial charge is 0.481 e. The predicted molar refractivity (Wildman–Crippen MR) is 145 cm³/mol. The number of aliphatic hydroxyl groups is 1. The molecule has 0 aromatic heterocycles. The number of carboxylic acid groups (broad SMARTS) is 3. The van der Waals surface area contributed by atoms with E-state index in [1.807, 2.05) is 0 Å². The zero-order chi connectivity index (χ0) is 27.6. The number of rotatable bonds is 20. The van der Waals surface area contributed by atoms with Crippen molar-refractivity contribution in [2.24, 2.45) is 0 Å². The third-order valence-electron chi connectivity index (χ3n) is 4.99. The molecule has 0 unspecified atom stereocenters. The summed E-state index contributed by atoms with van der Waals surface area (Å²) in [5.74, 6) is -2.01. The summed E-state index contributed by atoms with van der Waals surface area (Å²) in [5.41, 5.74) is 0. The molecule has 0 aliphatic rings. The molecule has 0 aromatic rings. The van der Waals surface area contributed by atoms with Gasteiger partial charge in [0.1, 0.15) is 0 Å². The SMILES string of the molecule is CCCCCCCC(=O)O.CCCCCCCC(=O)O.CCCCCCCC(=O)O.CCCCO.[Ti]. The average Bonchev–Trinajstić information content (AvgIpc) is 2.80. The van der Waals surface area contributed by atoms with Crippen LogP contribution in [-0.4, -0.2) is 44.9 Å². The van der Waals surface area contributed by atoms with Crippen molar-refractivity contribution in [3.8, 4) is 0 Å². The maximum Gasteiger partial charge on any atom is 0.303 e. The van der Waals surface area contributed by atoms with Gasteiger partial charge in [0.25, 0.3) is 0 Å². The zero-order valence-electron chi connectivity index (χ0n) is 23.9. The number of hydrogen-bond donors (Lipinski definition) is 4. The molecule has 0 bridgehead atoms. The smallest absolute Gasteiger partial charge is 0.303 e. The van der Waals surface area contributed by atoms with Gasteiger partial charge >= 0.3 is 17.9 Å². The Labute approximate surface area is 236 Å². The first kappa shape index (κ1) is 45.0. The van der Waals surface area contributed by atoms with Crippen LogP contribution in [0.1, 0.15) is 156 Å². The number of unbranched alkanes of at least 4 members (excludes halogenated alkanes) is 13. The predicted octanol–water partition coefficient (Wildman–Crippen LogP) is 8.07. The molecule has 0 saturated heterocycles. The van der Waals surface area contributed by atoms with Crippen LogP contribution in [0.4, 0.5) is 0 Å². The van der Waals surface area contributed by atoms with Gasteiger partial charge in [-0.05, 0) is 25.7 Å². The summed E-state index contributed by atoms with van der Waals surface area (Å²) in [7, 11) is 0. The van der Waals surface area contributed by atoms with Gasteiger partial charge in [0.05, 0.1) is 0 Å². The third kappa shape index (κ3) is 69.8. The normalized spacial score (nSPS) is 9.25. The standard InChI is InChI=1S/3C8H16O2.C4H10O.Ti/c3*1-2-3-4-5-6-7-8(9)10;1-2-3-4-5;/h3*2-7H2,1H3,(H,9,10);5H,2-4H2,1H3;. The minimum atomic E-state index is -0.670. The molecule has 0 aromatic carbocycles. The summed E-state index contributed by atoms with van der Waals surface area (Å²) >= 11 is 0. The molecule has 0 fully saturated rings. The Morgan fingerprint density at radius 1 is 0.417 bits per heavy atom. The molecule has 8 heteroatoms. The van der Waals surface area contributed by atoms with Gasteiger partial charge in [-0.1, -0.05) is 111 Å². The van der Waals surface area contributed by atoms with Gasteiger partial charge in [0.2, 0.25) is 0 Å². The second-order valence-electron chi connectivity index (χ2n) is 8.75. The third-order valence-corrected chi connectivity index (χ3v) is 4.99. The van der Waals surface area contributed by atoms with Crippen molar-refractivity contribution in [3.05, 3.63) is 0 Å². The Balaban J connectivity index is -0.000000121. The van der Waals surface area contributed by atoms with Crippen LogP contribution in [0.2, 0.25) is 0 Å². The van der Waals surface area contributed by atoms with Crippen LogP contribution in [-0.2, 0) is 36.1 Å². The number of hydrogen-bond acceptors (Lipinski definition) is 4. The van der Waals surface area contributed by atoms with Gasteiger partial charge in [-0.2, -0.15) is 0 Å². The molecule has 0 amide bonds. The summed E-state index contributed by atoms with van der Waals surface area (Å²) < 4.78 is 0. The van der Waals surface area contributed by atoms with Crippen molar-refractivity contribution < 1.29 is 56.5 Å². The van der Waals surface area contributed by atoms with Crippen LogP contribution in [0.25, 0.3) is 0 Å². The van der Waals surface area contributed by atoms with E-state index in [0.717, 1.165) is 51.4 Å². The van der Waals surface area contributed by atoms with Gasteiger partial charge in [0, 0.05) is 47.6 Å². The Morgan fingerprint density at radius 3 is 0.778 bits per heavy atom. The minimum Gasteiger partial charge on any atom is -0.481 e. The van der Waals surface area contributed by atoms with Gasteiger partial charge in [-0.15, -0.1) is 0 Å². The van der Waals surface area contributed by atoms with Crippen LogP contribution in [0.5, 0.6) is 0 Å². The van der Waals surface area contributed by atoms with E-state index in [0.29, 0.717) is 25.9 Å². The van der Waals surface area contributed by atoms with E-state index in [4.69, 9.17) is 20.4 Å². The quantitative estimate of drug-likeness (QED) is 0.0883. The van der Waals surface area contributed by atoms with Crippen LogP contribution < -0.4 is 0 Å². The van der Waals surface area contributed by atoms with Gasteiger partial charge < -0.3 is 20.4 Å². The molecule has 4 N–H and O–H groups in total. The minimum absolute atomic E-state index is 0. The summed E-state index contributed by atoms with van der Waals surface area (Å²) in [6, 6.07) is 0. The van der Waals surface area contributed by atoms with Gasteiger partial charge in [0.15, 0.2) is 0 Å². The first-order chi connectivity index (χ1) is 16.7. The van der Waals surface area contributed by atoms with Crippen molar-refractivity contribution in [1.82, 2.24) is 0 Å². The number of carbonyl (C=O) groups is 3. The Kier molecular flexibility index (Phi) is 55.2. The molecule has 0 atom stereocenters. The maximum absolute atomic E-state index is 10.0. The van der Waals surface area contributed by atoms with Crippen molar-refractivity contribution in [2.75, 3.05) is 6.61 Å². The van der Waals surface area contributed by atoms with Crippen molar-refractivity contribution in [3.63, 3.8) is 0 Å². The Morgan fingerprint density at radius 2 is 0.639 bits per heavy atom. The molecule has 0 heterocycles. The number of carboxylic acids is 3. The molecule has 36 heavy (non-hydrogen) atoms. The summed E-state index contributed by atoms with van der Waals surface area (Å²) in [5, 5.41) is 32.9. The first-order valence-electron chi connectivity index (χ1n) is 14.0. The number of aliphatic carboxylic acids is 3. The summed E-state index contributed by atoms with van der Waals surface area (Å²) in [6.07, 6.45) is 19.7. The molecule has 0 saturated carbocycles. The average molecular weight is 555 g/mol. The fourth-order valence-electron chi connectivity index (χ4n) is 2.80. The second-order valence-corrected chi connectivity index (χ2v) is 8.75. The molecule has 216 valence electrons. The molecular formula is C28H58O7Ti. The van der Waals surface area contributed by atoms with Crippen LogP contribution in [0.15, 0.2) is 0 Å². The molecule has 0 spiro atoms. The monoisotopic (exact) mass is 554 g/mol. The van der Waals surface area contributed by atoms with Crippen LogP contribution in [0, 0.1) is 0 Å². The van der Waals surface area contributed by atoms with Crippen molar-refractivity contribution >= 4 is 17.9 Å². The van der Waals surface area contributed by atoms with Gasteiger partial charge in [-0.3, -0.25) is 14.4 Å². The molecule has 0 aliphatic carbocycles. The fraction of sp³-hybridized carbons (Fsp3) is 0.893. The van der Waals surface area contributed by atoms with Crippen molar-refractivity contribution in [1.29, 1.82) is 0 Å². The van der Waals surface area contributed by atoms with Crippen LogP contribution in [0.3, 0.4) is 0 Å². The maximum atomic E-state index is 10.0.